The lowest BCUT2D eigenvalue weighted by Crippen LogP contribution is -2.58. The van der Waals surface area contributed by atoms with Gasteiger partial charge in [0.2, 0.25) is 0 Å². The van der Waals surface area contributed by atoms with Crippen LogP contribution < -0.4 is 5.32 Å². The lowest BCUT2D eigenvalue weighted by Gasteiger charge is -2.43. The number of carbonyl (C=O) groups is 2. The fourth-order valence-electron chi connectivity index (χ4n) is 4.34. The Morgan fingerprint density at radius 1 is 1.35 bits per heavy atom. The third-order valence-electron chi connectivity index (χ3n) is 6.19. The molecule has 1 N–H and O–H groups in total. The largest absolute Gasteiger partial charge is 0.468 e. The van der Waals surface area contributed by atoms with Gasteiger partial charge >= 0.3 is 11.9 Å². The molecule has 0 bridgehead atoms. The third kappa shape index (κ3) is 6.91. The predicted molar refractivity (Wildman–Crippen MR) is 140 cm³/mol. The molecule has 0 aromatic carbocycles. The van der Waals surface area contributed by atoms with Crippen molar-refractivity contribution in [3.05, 3.63) is 50.9 Å². The second-order valence-corrected chi connectivity index (χ2v) is 10.5. The van der Waals surface area contributed by atoms with Gasteiger partial charge < -0.3 is 19.5 Å². The molecule has 2 aliphatic rings. The normalized spacial score (nSPS) is 23.1. The molecule has 0 aliphatic carbocycles. The number of halogens is 1. The van der Waals surface area contributed by atoms with Gasteiger partial charge in [-0.15, -0.1) is 11.3 Å². The molecular weight excluding hydrogens is 499 g/mol. The smallest absolute Gasteiger partial charge is 0.338 e. The highest BCUT2D eigenvalue weighted by Crippen LogP contribution is 2.30. The predicted octanol–water partition coefficient (Wildman–Crippen LogP) is 3.54. The van der Waals surface area contributed by atoms with Crippen LogP contribution in [0.4, 0.5) is 4.39 Å². The molecule has 2 atom stereocenters. The number of ether oxygens (including phenoxy) is 3. The molecule has 3 rings (SSSR count). The number of thiazole rings is 1. The number of allylic oxidation sites excluding steroid dienone is 3. The van der Waals surface area contributed by atoms with Gasteiger partial charge in [-0.05, 0) is 58.8 Å². The molecule has 37 heavy (non-hydrogen) atoms. The van der Waals surface area contributed by atoms with Crippen LogP contribution in [0.3, 0.4) is 0 Å². The van der Waals surface area contributed by atoms with Crippen molar-refractivity contribution in [2.75, 3.05) is 33.4 Å². The molecule has 0 radical (unpaired) electrons. The molecule has 0 saturated carbocycles. The molecule has 1 fully saturated rings. The van der Waals surface area contributed by atoms with E-state index in [4.69, 9.17) is 19.2 Å². The maximum atomic E-state index is 13.8. The second-order valence-electron chi connectivity index (χ2n) is 9.57. The van der Waals surface area contributed by atoms with Crippen LogP contribution in [0.15, 0.2) is 50.9 Å². The summed E-state index contributed by atoms with van der Waals surface area (Å²) in [5, 5.41) is 5.76. The van der Waals surface area contributed by atoms with Gasteiger partial charge in [-0.2, -0.15) is 0 Å². The lowest BCUT2D eigenvalue weighted by molar-refractivity contribution is -0.164. The Morgan fingerprint density at radius 3 is 2.68 bits per heavy atom. The van der Waals surface area contributed by atoms with Gasteiger partial charge in [0.15, 0.2) is 10.8 Å². The van der Waals surface area contributed by atoms with Crippen molar-refractivity contribution in [3.8, 4) is 0 Å². The number of nitrogens with one attached hydrogen (secondary N) is 1. The Bertz CT molecular complexity index is 1140. The molecule has 2 aliphatic heterocycles. The van der Waals surface area contributed by atoms with Crippen molar-refractivity contribution in [2.45, 2.75) is 59.2 Å². The fraction of sp³-hybridized carbons (Fsp3) is 0.538. The van der Waals surface area contributed by atoms with Crippen molar-refractivity contribution in [1.82, 2.24) is 15.2 Å². The van der Waals surface area contributed by atoms with Gasteiger partial charge in [0.25, 0.3) is 0 Å². The van der Waals surface area contributed by atoms with Crippen LogP contribution >= 0.6 is 11.3 Å². The molecule has 1 aromatic heterocycles. The van der Waals surface area contributed by atoms with Crippen LogP contribution in [-0.2, 0) is 23.8 Å². The molecule has 2 unspecified atom stereocenters. The number of nitrogens with zero attached hydrogens (tertiary/aromatic N) is 3. The van der Waals surface area contributed by atoms with Gasteiger partial charge in [0.1, 0.15) is 12.1 Å². The molecule has 202 valence electrons. The first-order valence-electron chi connectivity index (χ1n) is 12.1. The van der Waals surface area contributed by atoms with E-state index in [2.05, 4.69) is 10.3 Å². The monoisotopic (exact) mass is 534 g/mol. The average Bonchev–Trinajstić information content (AvgIpc) is 3.37. The zero-order valence-corrected chi connectivity index (χ0v) is 23.2. The summed E-state index contributed by atoms with van der Waals surface area (Å²) in [4.78, 5) is 37.1. The Balaban J connectivity index is 2.17. The zero-order chi connectivity index (χ0) is 27.3. The number of morpholine rings is 1. The number of methoxy groups -OCH3 is 1. The van der Waals surface area contributed by atoms with Gasteiger partial charge in [-0.1, -0.05) is 0 Å². The maximum Gasteiger partial charge on any atom is 0.338 e. The van der Waals surface area contributed by atoms with E-state index < -0.39 is 29.6 Å². The summed E-state index contributed by atoms with van der Waals surface area (Å²) in [5.41, 5.74) is 1.65. The Kier molecular flexibility index (Phi) is 9.38. The number of aliphatic imine (C=N–C) groups is 1. The number of aromatic nitrogens is 1. The summed E-state index contributed by atoms with van der Waals surface area (Å²) in [7, 11) is 1.34. The minimum Gasteiger partial charge on any atom is -0.468 e. The van der Waals surface area contributed by atoms with Gasteiger partial charge in [-0.3, -0.25) is 14.7 Å². The summed E-state index contributed by atoms with van der Waals surface area (Å²) in [5.74, 6) is -0.829. The van der Waals surface area contributed by atoms with E-state index in [-0.39, 0.29) is 25.6 Å². The number of rotatable bonds is 8. The Morgan fingerprint density at radius 2 is 2.08 bits per heavy atom. The average molecular weight is 535 g/mol. The number of esters is 2. The minimum absolute atomic E-state index is 0.150. The van der Waals surface area contributed by atoms with Crippen molar-refractivity contribution < 1.29 is 28.2 Å². The van der Waals surface area contributed by atoms with Crippen LogP contribution in [-0.4, -0.2) is 78.8 Å². The van der Waals surface area contributed by atoms with Crippen LogP contribution in [0, 0.1) is 0 Å². The summed E-state index contributed by atoms with van der Waals surface area (Å²) >= 11 is 1.40. The van der Waals surface area contributed by atoms with Crippen LogP contribution in [0.5, 0.6) is 0 Å². The van der Waals surface area contributed by atoms with Gasteiger partial charge in [-0.25, -0.2) is 14.2 Å². The summed E-state index contributed by atoms with van der Waals surface area (Å²) in [6, 6.07) is -1.40. The Hall–Kier alpha value is -2.89. The molecule has 1 saturated heterocycles. The quantitative estimate of drug-likeness (QED) is 0.399. The van der Waals surface area contributed by atoms with E-state index in [1.54, 1.807) is 20.0 Å². The van der Waals surface area contributed by atoms with Gasteiger partial charge in [0, 0.05) is 30.4 Å². The number of amidine groups is 1. The molecule has 0 amide bonds. The molecule has 9 nitrogen and oxygen atoms in total. The van der Waals surface area contributed by atoms with E-state index in [1.165, 1.54) is 31.4 Å². The first kappa shape index (κ1) is 28.7. The fourth-order valence-corrected chi connectivity index (χ4v) is 4.92. The molecule has 11 heteroatoms. The summed E-state index contributed by atoms with van der Waals surface area (Å²) in [6.07, 6.45) is 3.08. The van der Waals surface area contributed by atoms with E-state index in [1.807, 2.05) is 31.1 Å². The minimum atomic E-state index is -0.740. The lowest BCUT2D eigenvalue weighted by atomic mass is 9.92. The molecule has 3 heterocycles. The van der Waals surface area contributed by atoms with Crippen molar-refractivity contribution in [3.63, 3.8) is 0 Å². The van der Waals surface area contributed by atoms with Crippen LogP contribution in [0.2, 0.25) is 0 Å². The van der Waals surface area contributed by atoms with Gasteiger partial charge in [0.05, 0.1) is 37.3 Å². The van der Waals surface area contributed by atoms with E-state index in [9.17, 15) is 14.0 Å². The number of hydrogen-bond donors (Lipinski definition) is 1. The highest BCUT2D eigenvalue weighted by molar-refractivity contribution is 7.11. The van der Waals surface area contributed by atoms with E-state index in [0.717, 1.165) is 0 Å². The third-order valence-corrected chi connectivity index (χ3v) is 6.97. The van der Waals surface area contributed by atoms with Crippen LogP contribution in [0.1, 0.15) is 46.6 Å². The highest BCUT2D eigenvalue weighted by atomic mass is 32.1. The van der Waals surface area contributed by atoms with Crippen molar-refractivity contribution in [1.29, 1.82) is 0 Å². The first-order chi connectivity index (χ1) is 17.5. The number of carbonyl (C=O) groups excluding carboxylic acids is 2. The Labute approximate surface area is 221 Å². The summed E-state index contributed by atoms with van der Waals surface area (Å²) in [6.45, 7) is 11.5. The topological polar surface area (TPSA) is 102 Å². The second kappa shape index (κ2) is 12.1. The van der Waals surface area contributed by atoms with E-state index in [0.29, 0.717) is 39.8 Å². The SMILES string of the molecule is CCOC(=O)C1=C(CN2CC(C)(C)OCC2C(=O)OC)NC(c2nccs2)=NC1C(C)=C(C)C=C(C)F. The van der Waals surface area contributed by atoms with Crippen LogP contribution in [0.25, 0.3) is 0 Å². The van der Waals surface area contributed by atoms with E-state index >= 15 is 0 Å². The first-order valence-corrected chi connectivity index (χ1v) is 13.0. The molecular formula is C26H35FN4O5S. The van der Waals surface area contributed by atoms with Crippen molar-refractivity contribution in [2.24, 2.45) is 4.99 Å². The maximum absolute atomic E-state index is 13.8. The van der Waals surface area contributed by atoms with Crippen molar-refractivity contribution >= 4 is 29.1 Å². The molecule has 0 spiro atoms. The highest BCUT2D eigenvalue weighted by Gasteiger charge is 2.41. The zero-order valence-electron chi connectivity index (χ0n) is 22.4. The molecule has 1 aromatic rings. The standard InChI is InChI=1S/C26H35FN4O5S/c1-8-35-25(33)20-18(12-31-14-26(5,6)36-13-19(31)24(32)34-7)29-22(23-28-9-10-37-23)30-21(20)17(4)15(2)11-16(3)27/h9-11,19,21H,8,12-14H2,1-7H3,(H,29,30). The summed E-state index contributed by atoms with van der Waals surface area (Å²) < 4.78 is 30.1. The number of hydrogen-bond acceptors (Lipinski definition) is 10.